The highest BCUT2D eigenvalue weighted by molar-refractivity contribution is 5.81. The second-order valence-electron chi connectivity index (χ2n) is 8.47. The third-order valence-corrected chi connectivity index (χ3v) is 5.21. The zero-order valence-corrected chi connectivity index (χ0v) is 17.5. The van der Waals surface area contributed by atoms with Gasteiger partial charge in [0.15, 0.2) is 0 Å². The number of nitrogens with zero attached hydrogens (tertiary/aromatic N) is 1. The number of carboxylic acid groups (broad SMARTS) is 1. The van der Waals surface area contributed by atoms with Crippen LogP contribution in [0.5, 0.6) is 5.75 Å². The minimum Gasteiger partial charge on any atom is -0.486 e. The minimum atomic E-state index is -1.16. The molecule has 1 amide bonds. The predicted molar refractivity (Wildman–Crippen MR) is 108 cm³/mol. The topological polar surface area (TPSA) is 93.1 Å². The smallest absolute Gasteiger partial charge is 0.408 e. The van der Waals surface area contributed by atoms with E-state index < -0.39 is 35.9 Å². The number of hydrogen-bond acceptors (Lipinski definition) is 5. The molecule has 4 atom stereocenters. The number of para-hydroxylation sites is 1. The molecule has 1 aromatic carbocycles. The molecule has 1 heterocycles. The summed E-state index contributed by atoms with van der Waals surface area (Å²) in [4.78, 5) is 37.2. The van der Waals surface area contributed by atoms with E-state index in [9.17, 15) is 19.5 Å². The molecule has 1 N–H and O–H groups in total. The van der Waals surface area contributed by atoms with E-state index in [2.05, 4.69) is 0 Å². The highest BCUT2D eigenvalue weighted by atomic mass is 16.6. The Kier molecular flexibility index (Phi) is 7.65. The van der Waals surface area contributed by atoms with Gasteiger partial charge in [0.1, 0.15) is 30.3 Å². The van der Waals surface area contributed by atoms with Crippen LogP contribution in [0.15, 0.2) is 30.3 Å². The molecule has 0 bridgehead atoms. The molecule has 7 heteroatoms. The van der Waals surface area contributed by atoms with E-state index in [4.69, 9.17) is 9.47 Å². The highest BCUT2D eigenvalue weighted by Crippen LogP contribution is 2.30. The third kappa shape index (κ3) is 5.95. The van der Waals surface area contributed by atoms with Crippen molar-refractivity contribution in [1.82, 2.24) is 4.90 Å². The number of cyclic esters (lactones) is 1. The van der Waals surface area contributed by atoms with Crippen LogP contribution in [-0.2, 0) is 14.3 Å². The maximum absolute atomic E-state index is 12.9. The molecule has 0 spiro atoms. The van der Waals surface area contributed by atoms with Crippen molar-refractivity contribution >= 4 is 18.3 Å². The standard InChI is InChI=1S/C22H31NO6/c1-15-19(29-17-10-6-5-7-11-17)16(13-14-24)9-8-12-18(20(25)28-15)23(21(26)27)22(2,3)4/h5-7,10-11,14-16,18-19H,8-9,12-13H2,1-4H3,(H,26,27)/t15-,16+,18-,19-/m0/s1. The fourth-order valence-corrected chi connectivity index (χ4v) is 3.91. The fourth-order valence-electron chi connectivity index (χ4n) is 3.91. The van der Waals surface area contributed by atoms with Gasteiger partial charge in [-0.2, -0.15) is 0 Å². The first kappa shape index (κ1) is 22.7. The number of ether oxygens (including phenoxy) is 2. The van der Waals surface area contributed by atoms with Crippen molar-refractivity contribution in [1.29, 1.82) is 0 Å². The summed E-state index contributed by atoms with van der Waals surface area (Å²) >= 11 is 0. The Balaban J connectivity index is 2.31. The number of aldehydes is 1. The molecule has 160 valence electrons. The van der Waals surface area contributed by atoms with E-state index in [0.29, 0.717) is 25.0 Å². The number of esters is 1. The first-order chi connectivity index (χ1) is 13.6. The van der Waals surface area contributed by atoms with Crippen LogP contribution in [0.2, 0.25) is 0 Å². The summed E-state index contributed by atoms with van der Waals surface area (Å²) in [5, 5.41) is 9.71. The molecule has 1 aromatic rings. The van der Waals surface area contributed by atoms with Crippen molar-refractivity contribution in [3.05, 3.63) is 30.3 Å². The van der Waals surface area contributed by atoms with Gasteiger partial charge < -0.3 is 19.4 Å². The lowest BCUT2D eigenvalue weighted by molar-refractivity contribution is -0.161. The number of carbonyl (C=O) groups excluding carboxylic acids is 2. The lowest BCUT2D eigenvalue weighted by Crippen LogP contribution is -2.55. The van der Waals surface area contributed by atoms with Gasteiger partial charge in [0.2, 0.25) is 0 Å². The molecular weight excluding hydrogens is 374 g/mol. The van der Waals surface area contributed by atoms with E-state index in [-0.39, 0.29) is 12.3 Å². The summed E-state index contributed by atoms with van der Waals surface area (Å²) in [6, 6.07) is 8.30. The Hall–Kier alpha value is -2.57. The summed E-state index contributed by atoms with van der Waals surface area (Å²) in [5.74, 6) is -0.0839. The monoisotopic (exact) mass is 405 g/mol. The van der Waals surface area contributed by atoms with Gasteiger partial charge in [-0.05, 0) is 52.7 Å². The molecule has 1 saturated heterocycles. The van der Waals surface area contributed by atoms with Gasteiger partial charge in [-0.3, -0.25) is 4.90 Å². The molecule has 1 aliphatic rings. The van der Waals surface area contributed by atoms with E-state index >= 15 is 0 Å². The van der Waals surface area contributed by atoms with Crippen LogP contribution < -0.4 is 4.74 Å². The van der Waals surface area contributed by atoms with Crippen molar-refractivity contribution in [2.24, 2.45) is 5.92 Å². The van der Waals surface area contributed by atoms with Crippen molar-refractivity contribution in [3.8, 4) is 5.75 Å². The van der Waals surface area contributed by atoms with Gasteiger partial charge in [-0.1, -0.05) is 24.6 Å². The van der Waals surface area contributed by atoms with Gasteiger partial charge in [0, 0.05) is 17.9 Å². The van der Waals surface area contributed by atoms with Crippen LogP contribution in [0, 0.1) is 5.92 Å². The number of benzene rings is 1. The Morgan fingerprint density at radius 2 is 1.93 bits per heavy atom. The Bertz CT molecular complexity index is 699. The number of amides is 1. The van der Waals surface area contributed by atoms with Crippen molar-refractivity contribution in [2.45, 2.75) is 77.2 Å². The molecule has 0 unspecified atom stereocenters. The quantitative estimate of drug-likeness (QED) is 0.590. The van der Waals surface area contributed by atoms with Crippen molar-refractivity contribution in [3.63, 3.8) is 0 Å². The molecule has 1 aliphatic heterocycles. The fraction of sp³-hybridized carbons (Fsp3) is 0.591. The van der Waals surface area contributed by atoms with Crippen LogP contribution in [0.25, 0.3) is 0 Å². The molecule has 0 saturated carbocycles. The summed E-state index contributed by atoms with van der Waals surface area (Å²) in [6.45, 7) is 6.98. The van der Waals surface area contributed by atoms with Crippen LogP contribution in [0.3, 0.4) is 0 Å². The molecular formula is C22H31NO6. The largest absolute Gasteiger partial charge is 0.486 e. The van der Waals surface area contributed by atoms with Crippen molar-refractivity contribution in [2.75, 3.05) is 0 Å². The zero-order chi connectivity index (χ0) is 21.6. The maximum Gasteiger partial charge on any atom is 0.408 e. The first-order valence-corrected chi connectivity index (χ1v) is 10.0. The predicted octanol–water partition coefficient (Wildman–Crippen LogP) is 3.90. The number of carbonyl (C=O) groups is 3. The van der Waals surface area contributed by atoms with Gasteiger partial charge in [0.25, 0.3) is 0 Å². The Labute approximate surface area is 172 Å². The van der Waals surface area contributed by atoms with Gasteiger partial charge in [-0.15, -0.1) is 0 Å². The SMILES string of the molecule is C[C@@H]1OC(=O)[C@@H](N(C(=O)O)C(C)(C)C)CCC[C@H](CC=O)[C@H]1Oc1ccccc1. The van der Waals surface area contributed by atoms with E-state index in [1.807, 2.05) is 30.3 Å². The molecule has 0 radical (unpaired) electrons. The van der Waals surface area contributed by atoms with Gasteiger partial charge in [0.05, 0.1) is 0 Å². The molecule has 2 rings (SSSR count). The van der Waals surface area contributed by atoms with E-state index in [1.54, 1.807) is 27.7 Å². The Morgan fingerprint density at radius 3 is 2.48 bits per heavy atom. The van der Waals surface area contributed by atoms with Crippen LogP contribution in [-0.4, -0.2) is 52.1 Å². The molecule has 7 nitrogen and oxygen atoms in total. The molecule has 29 heavy (non-hydrogen) atoms. The highest BCUT2D eigenvalue weighted by Gasteiger charge is 2.41. The van der Waals surface area contributed by atoms with Gasteiger partial charge >= 0.3 is 12.1 Å². The second-order valence-corrected chi connectivity index (χ2v) is 8.47. The molecule has 0 aliphatic carbocycles. The number of rotatable bonds is 5. The number of hydrogen-bond donors (Lipinski definition) is 1. The van der Waals surface area contributed by atoms with Crippen LogP contribution in [0.4, 0.5) is 4.79 Å². The lowest BCUT2D eigenvalue weighted by Gasteiger charge is -2.38. The average Bonchev–Trinajstić information content (AvgIpc) is 2.67. The summed E-state index contributed by atoms with van der Waals surface area (Å²) in [6.07, 6.45) is 0.392. The molecule has 0 aromatic heterocycles. The van der Waals surface area contributed by atoms with Crippen LogP contribution >= 0.6 is 0 Å². The van der Waals surface area contributed by atoms with Gasteiger partial charge in [-0.25, -0.2) is 9.59 Å². The van der Waals surface area contributed by atoms with E-state index in [0.717, 1.165) is 11.2 Å². The Morgan fingerprint density at radius 1 is 1.28 bits per heavy atom. The first-order valence-electron chi connectivity index (χ1n) is 10.0. The van der Waals surface area contributed by atoms with Crippen molar-refractivity contribution < 1.29 is 29.0 Å². The van der Waals surface area contributed by atoms with Crippen LogP contribution in [0.1, 0.15) is 53.4 Å². The summed E-state index contributed by atoms with van der Waals surface area (Å²) in [7, 11) is 0. The lowest BCUT2D eigenvalue weighted by atomic mass is 9.89. The molecule has 1 fully saturated rings. The summed E-state index contributed by atoms with van der Waals surface area (Å²) < 4.78 is 11.8. The third-order valence-electron chi connectivity index (χ3n) is 5.21. The maximum atomic E-state index is 12.9. The normalized spacial score (nSPS) is 25.7. The van der Waals surface area contributed by atoms with E-state index in [1.165, 1.54) is 0 Å². The summed E-state index contributed by atoms with van der Waals surface area (Å²) in [5.41, 5.74) is -0.755. The zero-order valence-electron chi connectivity index (χ0n) is 17.5. The minimum absolute atomic E-state index is 0.137. The average molecular weight is 405 g/mol. The second kappa shape index (κ2) is 9.76.